The first-order chi connectivity index (χ1) is 8.78. The Labute approximate surface area is 114 Å². The highest BCUT2D eigenvalue weighted by atomic mass is 16.6. The van der Waals surface area contributed by atoms with Crippen molar-refractivity contribution in [2.75, 3.05) is 12.3 Å². The number of nitrogen functional groups attached to an aromatic ring is 1. The number of hydrogen-bond acceptors (Lipinski definition) is 3. The van der Waals surface area contributed by atoms with Gasteiger partial charge in [0, 0.05) is 18.8 Å². The predicted molar refractivity (Wildman–Crippen MR) is 75.9 cm³/mol. The third-order valence-corrected chi connectivity index (χ3v) is 3.32. The van der Waals surface area contributed by atoms with Gasteiger partial charge in [-0.05, 0) is 50.8 Å². The van der Waals surface area contributed by atoms with E-state index in [0.29, 0.717) is 13.1 Å². The van der Waals surface area contributed by atoms with Crippen LogP contribution in [0.5, 0.6) is 0 Å². The number of anilines is 1. The zero-order valence-electron chi connectivity index (χ0n) is 12.1. The van der Waals surface area contributed by atoms with Crippen molar-refractivity contribution in [3.63, 3.8) is 0 Å². The Hall–Kier alpha value is -1.71. The lowest BCUT2D eigenvalue weighted by molar-refractivity contribution is 0.0224. The number of fused-ring (bicyclic) bond motifs is 1. The third-order valence-electron chi connectivity index (χ3n) is 3.32. The molecule has 4 heteroatoms. The Bertz CT molecular complexity index is 504. The van der Waals surface area contributed by atoms with Crippen LogP contribution in [0.1, 0.15) is 37.5 Å². The highest BCUT2D eigenvalue weighted by Crippen LogP contribution is 2.27. The highest BCUT2D eigenvalue weighted by molar-refractivity contribution is 5.69. The van der Waals surface area contributed by atoms with E-state index in [1.54, 1.807) is 4.90 Å². The Balaban J connectivity index is 2.15. The molecule has 0 aromatic heterocycles. The predicted octanol–water partition coefficient (Wildman–Crippen LogP) is 2.87. The molecule has 0 unspecified atom stereocenters. The number of rotatable bonds is 0. The molecule has 1 aliphatic rings. The van der Waals surface area contributed by atoms with Gasteiger partial charge in [-0.3, -0.25) is 0 Å². The van der Waals surface area contributed by atoms with Gasteiger partial charge >= 0.3 is 6.09 Å². The number of aryl methyl sites for hydroxylation is 1. The number of hydrogen-bond donors (Lipinski definition) is 1. The molecule has 4 nitrogen and oxygen atoms in total. The second-order valence-corrected chi connectivity index (χ2v) is 6.09. The molecule has 2 rings (SSSR count). The number of nitrogens with two attached hydrogens (primary N) is 1. The summed E-state index contributed by atoms with van der Waals surface area (Å²) in [5.41, 5.74) is 9.91. The molecule has 0 atom stereocenters. The summed E-state index contributed by atoms with van der Waals surface area (Å²) in [6.45, 7) is 8.89. The van der Waals surface area contributed by atoms with E-state index >= 15 is 0 Å². The van der Waals surface area contributed by atoms with Gasteiger partial charge in [0.25, 0.3) is 0 Å². The van der Waals surface area contributed by atoms with Crippen LogP contribution in [0.15, 0.2) is 12.1 Å². The van der Waals surface area contributed by atoms with Crippen LogP contribution in [-0.2, 0) is 17.7 Å². The largest absolute Gasteiger partial charge is 0.444 e. The summed E-state index contributed by atoms with van der Waals surface area (Å²) < 4.78 is 5.40. The van der Waals surface area contributed by atoms with Crippen LogP contribution >= 0.6 is 0 Å². The number of carbonyl (C=O) groups is 1. The number of ether oxygens (including phenoxy) is 1. The first-order valence-electron chi connectivity index (χ1n) is 6.62. The number of amides is 1. The maximum atomic E-state index is 12.0. The molecule has 0 fully saturated rings. The van der Waals surface area contributed by atoms with Crippen LogP contribution in [0.4, 0.5) is 10.5 Å². The van der Waals surface area contributed by atoms with Crippen molar-refractivity contribution in [1.29, 1.82) is 0 Å². The van der Waals surface area contributed by atoms with Gasteiger partial charge in [-0.2, -0.15) is 0 Å². The molecule has 2 N–H and O–H groups in total. The fourth-order valence-electron chi connectivity index (χ4n) is 2.28. The van der Waals surface area contributed by atoms with E-state index in [-0.39, 0.29) is 6.09 Å². The Kier molecular flexibility index (Phi) is 3.43. The van der Waals surface area contributed by atoms with Gasteiger partial charge < -0.3 is 15.4 Å². The smallest absolute Gasteiger partial charge is 0.410 e. The van der Waals surface area contributed by atoms with Crippen LogP contribution in [0.2, 0.25) is 0 Å². The third kappa shape index (κ3) is 3.00. The Morgan fingerprint density at radius 3 is 2.68 bits per heavy atom. The molecule has 1 amide bonds. The number of carbonyl (C=O) groups excluding carboxylic acids is 1. The monoisotopic (exact) mass is 262 g/mol. The first-order valence-corrected chi connectivity index (χ1v) is 6.62. The standard InChI is InChI=1S/C15H22N2O2/c1-10-5-6-11-9-17(8-7-12(11)13(10)16)14(18)19-15(2,3)4/h5-6H,7-9,16H2,1-4H3. The van der Waals surface area contributed by atoms with Crippen molar-refractivity contribution in [3.05, 3.63) is 28.8 Å². The van der Waals surface area contributed by atoms with E-state index in [2.05, 4.69) is 6.07 Å². The summed E-state index contributed by atoms with van der Waals surface area (Å²) >= 11 is 0. The lowest BCUT2D eigenvalue weighted by Gasteiger charge is -2.32. The molecule has 0 spiro atoms. The molecule has 104 valence electrons. The van der Waals surface area contributed by atoms with Crippen LogP contribution in [0, 0.1) is 6.92 Å². The van der Waals surface area contributed by atoms with E-state index in [9.17, 15) is 4.79 Å². The zero-order valence-corrected chi connectivity index (χ0v) is 12.1. The Morgan fingerprint density at radius 1 is 1.37 bits per heavy atom. The van der Waals surface area contributed by atoms with E-state index in [1.807, 2.05) is 33.8 Å². The summed E-state index contributed by atoms with van der Waals surface area (Å²) in [5.74, 6) is 0. The normalized spacial score (nSPS) is 15.1. The topological polar surface area (TPSA) is 55.6 Å². The van der Waals surface area contributed by atoms with Crippen LogP contribution in [0.3, 0.4) is 0 Å². The van der Waals surface area contributed by atoms with E-state index < -0.39 is 5.60 Å². The molecular formula is C15H22N2O2. The van der Waals surface area contributed by atoms with Crippen LogP contribution in [-0.4, -0.2) is 23.1 Å². The molecule has 0 aliphatic carbocycles. The molecular weight excluding hydrogens is 240 g/mol. The molecule has 1 heterocycles. The van der Waals surface area contributed by atoms with Crippen LogP contribution in [0.25, 0.3) is 0 Å². The molecule has 0 saturated carbocycles. The minimum atomic E-state index is -0.455. The van der Waals surface area contributed by atoms with Crippen molar-refractivity contribution < 1.29 is 9.53 Å². The van der Waals surface area contributed by atoms with Crippen molar-refractivity contribution in [1.82, 2.24) is 4.90 Å². The van der Waals surface area contributed by atoms with E-state index in [0.717, 1.165) is 23.2 Å². The van der Waals surface area contributed by atoms with Gasteiger partial charge in [-0.25, -0.2) is 4.79 Å². The zero-order chi connectivity index (χ0) is 14.2. The van der Waals surface area contributed by atoms with E-state index in [1.165, 1.54) is 5.56 Å². The quantitative estimate of drug-likeness (QED) is 0.731. The van der Waals surface area contributed by atoms with Gasteiger partial charge in [0.05, 0.1) is 0 Å². The van der Waals surface area contributed by atoms with E-state index in [4.69, 9.17) is 10.5 Å². The number of benzene rings is 1. The lowest BCUT2D eigenvalue weighted by Crippen LogP contribution is -2.40. The summed E-state index contributed by atoms with van der Waals surface area (Å²) in [4.78, 5) is 13.8. The molecule has 0 bridgehead atoms. The van der Waals surface area contributed by atoms with Gasteiger partial charge in [-0.1, -0.05) is 12.1 Å². The second kappa shape index (κ2) is 4.76. The first kappa shape index (κ1) is 13.7. The second-order valence-electron chi connectivity index (χ2n) is 6.09. The average molecular weight is 262 g/mol. The summed E-state index contributed by atoms with van der Waals surface area (Å²) in [5, 5.41) is 0. The van der Waals surface area contributed by atoms with Crippen molar-refractivity contribution >= 4 is 11.8 Å². The molecule has 0 radical (unpaired) electrons. The fraction of sp³-hybridized carbons (Fsp3) is 0.533. The van der Waals surface area contributed by atoms with Crippen molar-refractivity contribution in [3.8, 4) is 0 Å². The highest BCUT2D eigenvalue weighted by Gasteiger charge is 2.26. The fourth-order valence-corrected chi connectivity index (χ4v) is 2.28. The molecule has 1 aliphatic heterocycles. The maximum absolute atomic E-state index is 12.0. The van der Waals surface area contributed by atoms with Gasteiger partial charge in [0.15, 0.2) is 0 Å². The molecule has 0 saturated heterocycles. The summed E-state index contributed by atoms with van der Waals surface area (Å²) in [7, 11) is 0. The van der Waals surface area contributed by atoms with Gasteiger partial charge in [-0.15, -0.1) is 0 Å². The summed E-state index contributed by atoms with van der Waals surface area (Å²) in [6, 6.07) is 4.06. The SMILES string of the molecule is Cc1ccc2c(c1N)CCN(C(=O)OC(C)(C)C)C2. The maximum Gasteiger partial charge on any atom is 0.410 e. The number of nitrogens with zero attached hydrogens (tertiary/aromatic N) is 1. The molecule has 1 aromatic rings. The molecule has 19 heavy (non-hydrogen) atoms. The van der Waals surface area contributed by atoms with Crippen LogP contribution < -0.4 is 5.73 Å². The van der Waals surface area contributed by atoms with Crippen molar-refractivity contribution in [2.45, 2.75) is 46.3 Å². The van der Waals surface area contributed by atoms with Gasteiger partial charge in [0.2, 0.25) is 0 Å². The van der Waals surface area contributed by atoms with Gasteiger partial charge in [0.1, 0.15) is 5.60 Å². The minimum Gasteiger partial charge on any atom is -0.444 e. The lowest BCUT2D eigenvalue weighted by atomic mass is 9.95. The minimum absolute atomic E-state index is 0.253. The summed E-state index contributed by atoms with van der Waals surface area (Å²) in [6.07, 6.45) is 0.541. The van der Waals surface area contributed by atoms with Crippen molar-refractivity contribution in [2.24, 2.45) is 0 Å². The average Bonchev–Trinajstić information content (AvgIpc) is 2.31. The Morgan fingerprint density at radius 2 is 2.05 bits per heavy atom. The molecule has 1 aromatic carbocycles.